The van der Waals surface area contributed by atoms with Crippen molar-refractivity contribution in [2.24, 2.45) is 5.92 Å². The number of allylic oxidation sites excluding steroid dienone is 4. The van der Waals surface area contributed by atoms with Crippen molar-refractivity contribution in [1.29, 1.82) is 0 Å². The molecule has 0 fully saturated rings. The molecule has 0 aromatic heterocycles. The van der Waals surface area contributed by atoms with E-state index in [4.69, 9.17) is 0 Å². The monoisotopic (exact) mass is 563 g/mol. The molecule has 3 aliphatic rings. The normalized spacial score (nSPS) is 23.9. The zero-order valence-corrected chi connectivity index (χ0v) is 22.6. The summed E-state index contributed by atoms with van der Waals surface area (Å²) in [5.74, 6) is 1.07. The van der Waals surface area contributed by atoms with Crippen molar-refractivity contribution >= 4 is 13.6 Å². The van der Waals surface area contributed by atoms with Crippen LogP contribution in [0.15, 0.2) is 70.8 Å². The van der Waals surface area contributed by atoms with Crippen molar-refractivity contribution in [3.63, 3.8) is 0 Å². The average Bonchev–Trinajstić information content (AvgIpc) is 3.09. The second-order valence-electron chi connectivity index (χ2n) is 9.18. The molecule has 2 unspecified atom stereocenters. The number of hydrogen-bond donors (Lipinski definition) is 0. The zero-order valence-electron chi connectivity index (χ0n) is 20.0. The fourth-order valence-corrected chi connectivity index (χ4v) is 9.46. The third kappa shape index (κ3) is 2.97. The number of fused-ring (bicyclic) bond motifs is 3. The Hall–Kier alpha value is -1.12. The van der Waals surface area contributed by atoms with Crippen molar-refractivity contribution in [1.82, 2.24) is 0 Å². The summed E-state index contributed by atoms with van der Waals surface area (Å²) in [5.41, 5.74) is 12.9. The topological polar surface area (TPSA) is 0 Å². The molecule has 0 radical (unpaired) electrons. The second-order valence-corrected chi connectivity index (χ2v) is 13.9. The van der Waals surface area contributed by atoms with E-state index in [9.17, 15) is 0 Å². The van der Waals surface area contributed by atoms with E-state index in [1.54, 1.807) is 16.7 Å². The quantitative estimate of drug-likeness (QED) is 0.320. The first-order chi connectivity index (χ1) is 14.0. The Kier molecular flexibility index (Phi) is 5.15. The van der Waals surface area contributed by atoms with Crippen molar-refractivity contribution in [2.45, 2.75) is 55.8 Å². The fourth-order valence-electron chi connectivity index (χ4n) is 6.14. The number of benzene rings is 2. The maximum absolute atomic E-state index is 2.54. The van der Waals surface area contributed by atoms with Crippen LogP contribution in [-0.2, 0) is 24.4 Å². The van der Waals surface area contributed by atoms with E-state index in [0.29, 0.717) is 11.8 Å². The molecule has 0 bridgehead atoms. The van der Waals surface area contributed by atoms with E-state index in [-0.39, 0.29) is 11.3 Å². The van der Waals surface area contributed by atoms with Crippen LogP contribution in [0.4, 0.5) is 0 Å². The van der Waals surface area contributed by atoms with Crippen LogP contribution in [0, 0.1) is 5.92 Å². The molecule has 0 saturated heterocycles. The van der Waals surface area contributed by atoms with Crippen molar-refractivity contribution < 1.29 is 27.2 Å². The van der Waals surface area contributed by atoms with Gasteiger partial charge in [-0.3, -0.25) is 0 Å². The number of rotatable bonds is 1. The van der Waals surface area contributed by atoms with E-state index in [1.807, 2.05) is 10.7 Å². The van der Waals surface area contributed by atoms with Crippen molar-refractivity contribution in [2.75, 3.05) is 0 Å². The molecule has 0 heterocycles. The third-order valence-electron chi connectivity index (χ3n) is 7.46. The maximum Gasteiger partial charge on any atom is -1.00 e. The minimum atomic E-state index is -0.374. The first-order valence-electron chi connectivity index (χ1n) is 11.0. The Morgan fingerprint density at radius 2 is 1.48 bits per heavy atom. The Labute approximate surface area is 194 Å². The van der Waals surface area contributed by atoms with Crippen molar-refractivity contribution in [3.05, 3.63) is 82.0 Å². The Morgan fingerprint density at radius 3 is 2.07 bits per heavy atom. The van der Waals surface area contributed by atoms with Crippen molar-refractivity contribution in [3.8, 4) is 11.1 Å². The summed E-state index contributed by atoms with van der Waals surface area (Å²) < 4.78 is 0.742. The Morgan fingerprint density at radius 1 is 0.897 bits per heavy atom. The van der Waals surface area contributed by atoms with Gasteiger partial charge in [-0.1, -0.05) is 0 Å². The van der Waals surface area contributed by atoms with E-state index in [1.165, 1.54) is 65.9 Å². The third-order valence-corrected chi connectivity index (χ3v) is 12.2. The van der Waals surface area contributed by atoms with E-state index in [2.05, 4.69) is 75.5 Å². The van der Waals surface area contributed by atoms with E-state index < -0.39 is 0 Å². The van der Waals surface area contributed by atoms with Gasteiger partial charge in [-0.2, -0.15) is 0 Å². The Balaban J connectivity index is 0.00000136. The molecule has 3 aliphatic carbocycles. The smallest absolute Gasteiger partial charge is 1.00 e. The van der Waals surface area contributed by atoms with Crippen LogP contribution in [0.1, 0.15) is 53.0 Å². The van der Waals surface area contributed by atoms with Gasteiger partial charge in [-0.15, -0.1) is 0 Å². The fraction of sp³-hybridized carbons (Fsp3) is 0.370. The SMILES string of the molecule is CC1=C(C2c3ccccc3-c3ccccc32)C2=C(CCCC(=[Si](C)C)C2C)[CH]1[Hf+2].[H-].[H-]. The minimum absolute atomic E-state index is 0. The zero-order chi connectivity index (χ0) is 20.3. The summed E-state index contributed by atoms with van der Waals surface area (Å²) in [4.78, 5) is 0. The van der Waals surface area contributed by atoms with Gasteiger partial charge in [0.05, 0.1) is 0 Å². The molecule has 0 nitrogen and oxygen atoms in total. The minimum Gasteiger partial charge on any atom is -1.00 e. The number of hydrogen-bond acceptors (Lipinski definition) is 0. The van der Waals surface area contributed by atoms with Gasteiger partial charge >= 0.3 is 193 Å². The average molecular weight is 562 g/mol. The van der Waals surface area contributed by atoms with Gasteiger partial charge in [-0.25, -0.2) is 0 Å². The molecular weight excluding hydrogens is 531 g/mol. The second kappa shape index (κ2) is 7.53. The molecule has 0 saturated carbocycles. The molecule has 5 rings (SSSR count). The predicted molar refractivity (Wildman–Crippen MR) is 125 cm³/mol. The summed E-state index contributed by atoms with van der Waals surface area (Å²) in [6.07, 6.45) is 4.04. The van der Waals surface area contributed by atoms with Gasteiger partial charge in [0.25, 0.3) is 0 Å². The van der Waals surface area contributed by atoms with Crippen LogP contribution in [0.3, 0.4) is 0 Å². The molecule has 0 N–H and O–H groups in total. The molecule has 0 spiro atoms. The van der Waals surface area contributed by atoms with Crippen LogP contribution in [-0.4, -0.2) is 13.6 Å². The van der Waals surface area contributed by atoms with Gasteiger partial charge < -0.3 is 2.85 Å². The molecule has 0 aliphatic heterocycles. The molecule has 2 heteroatoms. The standard InChI is InChI=1S/C27H29Si.Hf.2H/c1-17-16-19-10-9-15-24(28(3)4)18(2)26(19)25(17)27-22-13-7-5-11-20(22)21-12-6-8-14-23(21)27;;;/h5-8,11-14,16,18,27H,9-10,15H2,1-4H3;;;/q;+2;2*-1. The summed E-state index contributed by atoms with van der Waals surface area (Å²) in [6, 6.07) is 18.3. The Bertz CT molecular complexity index is 1060. The van der Waals surface area contributed by atoms with Gasteiger partial charge in [0.1, 0.15) is 0 Å². The first-order valence-corrected chi connectivity index (χ1v) is 15.6. The maximum atomic E-state index is 2.54. The molecule has 29 heavy (non-hydrogen) atoms. The molecule has 2 atom stereocenters. The van der Waals surface area contributed by atoms with Crippen LogP contribution in [0.5, 0.6) is 0 Å². The van der Waals surface area contributed by atoms with Crippen LogP contribution in [0.25, 0.3) is 11.1 Å². The first kappa shape index (κ1) is 19.8. The van der Waals surface area contributed by atoms with Gasteiger partial charge in [0.15, 0.2) is 0 Å². The predicted octanol–water partition coefficient (Wildman–Crippen LogP) is 7.31. The van der Waals surface area contributed by atoms with Gasteiger partial charge in [0.2, 0.25) is 0 Å². The summed E-state index contributed by atoms with van der Waals surface area (Å²) in [5, 5.41) is 1.88. The van der Waals surface area contributed by atoms with Crippen LogP contribution in [0.2, 0.25) is 16.8 Å². The molecule has 2 aromatic carbocycles. The molecule has 0 amide bonds. The summed E-state index contributed by atoms with van der Waals surface area (Å²) in [6.45, 7) is 10.0. The van der Waals surface area contributed by atoms with E-state index >= 15 is 0 Å². The van der Waals surface area contributed by atoms with Crippen LogP contribution >= 0.6 is 0 Å². The largest absolute Gasteiger partial charge is 1.00 e. The molecular formula is C27H31HfSi. The van der Waals surface area contributed by atoms with Gasteiger partial charge in [-0.05, 0) is 0 Å². The summed E-state index contributed by atoms with van der Waals surface area (Å²) in [7, 11) is -0.374. The molecule has 2 aromatic rings. The van der Waals surface area contributed by atoms with Gasteiger partial charge in [0, 0.05) is 0 Å². The van der Waals surface area contributed by atoms with Crippen LogP contribution < -0.4 is 0 Å². The summed E-state index contributed by atoms with van der Waals surface area (Å²) >= 11 is 1.24. The van der Waals surface area contributed by atoms with E-state index in [0.717, 1.165) is 3.67 Å². The molecule has 147 valence electrons.